The summed E-state index contributed by atoms with van der Waals surface area (Å²) in [5, 5.41) is 0. The minimum absolute atomic E-state index is 0.0950. The molecule has 0 bridgehead atoms. The van der Waals surface area contributed by atoms with Crippen LogP contribution in [0.5, 0.6) is 0 Å². The summed E-state index contributed by atoms with van der Waals surface area (Å²) < 4.78 is 0.849. The van der Waals surface area contributed by atoms with Crippen LogP contribution in [0.15, 0.2) is 22.9 Å². The fourth-order valence-electron chi connectivity index (χ4n) is 2.16. The van der Waals surface area contributed by atoms with Gasteiger partial charge in [-0.05, 0) is 40.3 Å². The molecule has 1 aliphatic rings. The molecule has 92 valence electrons. The molecule has 0 spiro atoms. The number of rotatable bonds is 1. The maximum atomic E-state index is 12.3. The summed E-state index contributed by atoms with van der Waals surface area (Å²) in [7, 11) is 0. The van der Waals surface area contributed by atoms with E-state index in [0.717, 1.165) is 24.0 Å². The van der Waals surface area contributed by atoms with Crippen molar-refractivity contribution in [2.75, 3.05) is 13.1 Å². The monoisotopic (exact) mass is 296 g/mol. The van der Waals surface area contributed by atoms with E-state index in [1.807, 2.05) is 11.0 Å². The summed E-state index contributed by atoms with van der Waals surface area (Å²) in [6.07, 6.45) is 4.42. The second kappa shape index (κ2) is 5.17. The highest BCUT2D eigenvalue weighted by molar-refractivity contribution is 9.10. The molecule has 1 amide bonds. The minimum Gasteiger partial charge on any atom is -0.338 e. The number of hydrogen-bond acceptors (Lipinski definition) is 2. The van der Waals surface area contributed by atoms with E-state index in [2.05, 4.69) is 34.8 Å². The van der Waals surface area contributed by atoms with Crippen LogP contribution in [0.4, 0.5) is 0 Å². The molecule has 4 heteroatoms. The van der Waals surface area contributed by atoms with Crippen molar-refractivity contribution in [2.24, 2.45) is 11.8 Å². The average Bonchev–Trinajstić information content (AvgIpc) is 2.32. The Hall–Kier alpha value is -0.900. The van der Waals surface area contributed by atoms with Gasteiger partial charge in [0.25, 0.3) is 5.91 Å². The van der Waals surface area contributed by atoms with E-state index in [4.69, 9.17) is 0 Å². The maximum Gasteiger partial charge on any atom is 0.255 e. The molecule has 2 atom stereocenters. The van der Waals surface area contributed by atoms with Gasteiger partial charge >= 0.3 is 0 Å². The van der Waals surface area contributed by atoms with E-state index in [1.54, 1.807) is 12.4 Å². The van der Waals surface area contributed by atoms with Gasteiger partial charge in [0.15, 0.2) is 0 Å². The van der Waals surface area contributed by atoms with E-state index in [0.29, 0.717) is 17.4 Å². The van der Waals surface area contributed by atoms with Crippen LogP contribution in [0, 0.1) is 11.8 Å². The third kappa shape index (κ3) is 2.86. The molecule has 0 N–H and O–H groups in total. The molecule has 3 nitrogen and oxygen atoms in total. The van der Waals surface area contributed by atoms with Gasteiger partial charge in [0.05, 0.1) is 5.56 Å². The predicted molar refractivity (Wildman–Crippen MR) is 70.8 cm³/mol. The molecule has 0 radical (unpaired) electrons. The Morgan fingerprint density at radius 3 is 2.82 bits per heavy atom. The first kappa shape index (κ1) is 12.6. The van der Waals surface area contributed by atoms with Gasteiger partial charge in [0.2, 0.25) is 0 Å². The lowest BCUT2D eigenvalue weighted by Crippen LogP contribution is -2.42. The van der Waals surface area contributed by atoms with E-state index in [-0.39, 0.29) is 5.91 Å². The lowest BCUT2D eigenvalue weighted by molar-refractivity contribution is 0.0627. The SMILES string of the molecule is CC1CCN(C(=O)c2cncc(Br)c2)CC1C. The molecule has 1 aromatic heterocycles. The summed E-state index contributed by atoms with van der Waals surface area (Å²) in [4.78, 5) is 18.2. The number of piperidine rings is 1. The third-order valence-electron chi connectivity index (χ3n) is 3.57. The molecule has 2 heterocycles. The number of likely N-dealkylation sites (tertiary alicyclic amines) is 1. The van der Waals surface area contributed by atoms with E-state index < -0.39 is 0 Å². The van der Waals surface area contributed by atoms with Gasteiger partial charge in [0.1, 0.15) is 0 Å². The number of nitrogens with zero attached hydrogens (tertiary/aromatic N) is 2. The second-order valence-electron chi connectivity index (χ2n) is 4.89. The highest BCUT2D eigenvalue weighted by Gasteiger charge is 2.26. The highest BCUT2D eigenvalue weighted by atomic mass is 79.9. The van der Waals surface area contributed by atoms with Gasteiger partial charge in [-0.3, -0.25) is 9.78 Å². The molecule has 0 aromatic carbocycles. The van der Waals surface area contributed by atoms with Crippen molar-refractivity contribution in [1.82, 2.24) is 9.88 Å². The van der Waals surface area contributed by atoms with Crippen molar-refractivity contribution in [1.29, 1.82) is 0 Å². The Morgan fingerprint density at radius 2 is 2.18 bits per heavy atom. The van der Waals surface area contributed by atoms with Crippen LogP contribution in [-0.4, -0.2) is 28.9 Å². The molecule has 0 saturated carbocycles. The number of hydrogen-bond donors (Lipinski definition) is 0. The van der Waals surface area contributed by atoms with Crippen molar-refractivity contribution < 1.29 is 4.79 Å². The summed E-state index contributed by atoms with van der Waals surface area (Å²) in [5.41, 5.74) is 0.668. The fraction of sp³-hybridized carbons (Fsp3) is 0.538. The quantitative estimate of drug-likeness (QED) is 0.798. The summed E-state index contributed by atoms with van der Waals surface area (Å²) in [6, 6.07) is 1.83. The predicted octanol–water partition coefficient (Wildman–Crippen LogP) is 2.96. The summed E-state index contributed by atoms with van der Waals surface area (Å²) >= 11 is 3.34. The zero-order valence-electron chi connectivity index (χ0n) is 10.2. The Bertz CT molecular complexity index is 422. The van der Waals surface area contributed by atoms with Gasteiger partial charge in [-0.15, -0.1) is 0 Å². The minimum atomic E-state index is 0.0950. The van der Waals surface area contributed by atoms with Crippen LogP contribution >= 0.6 is 15.9 Å². The van der Waals surface area contributed by atoms with Gasteiger partial charge in [0, 0.05) is 30.0 Å². The topological polar surface area (TPSA) is 33.2 Å². The molecule has 2 rings (SSSR count). The molecule has 0 aliphatic carbocycles. The lowest BCUT2D eigenvalue weighted by Gasteiger charge is -2.35. The van der Waals surface area contributed by atoms with Crippen LogP contribution in [0.2, 0.25) is 0 Å². The number of carbonyl (C=O) groups is 1. The van der Waals surface area contributed by atoms with Crippen LogP contribution in [-0.2, 0) is 0 Å². The summed E-state index contributed by atoms with van der Waals surface area (Å²) in [6.45, 7) is 6.18. The number of amides is 1. The third-order valence-corrected chi connectivity index (χ3v) is 4.01. The van der Waals surface area contributed by atoms with Crippen molar-refractivity contribution in [3.63, 3.8) is 0 Å². The first-order valence-electron chi connectivity index (χ1n) is 5.97. The van der Waals surface area contributed by atoms with E-state index >= 15 is 0 Å². The zero-order chi connectivity index (χ0) is 12.4. The second-order valence-corrected chi connectivity index (χ2v) is 5.80. The van der Waals surface area contributed by atoms with Gasteiger partial charge < -0.3 is 4.90 Å². The molecule has 1 aromatic rings. The Kier molecular flexibility index (Phi) is 3.82. The van der Waals surface area contributed by atoms with Crippen LogP contribution in [0.25, 0.3) is 0 Å². The average molecular weight is 297 g/mol. The van der Waals surface area contributed by atoms with Crippen molar-refractivity contribution >= 4 is 21.8 Å². The fourth-order valence-corrected chi connectivity index (χ4v) is 2.52. The van der Waals surface area contributed by atoms with E-state index in [9.17, 15) is 4.79 Å². The van der Waals surface area contributed by atoms with Crippen molar-refractivity contribution in [3.05, 3.63) is 28.5 Å². The van der Waals surface area contributed by atoms with Gasteiger partial charge in [-0.25, -0.2) is 0 Å². The molecular formula is C13H17BrN2O. The smallest absolute Gasteiger partial charge is 0.255 e. The number of halogens is 1. The molecule has 1 fully saturated rings. The van der Waals surface area contributed by atoms with E-state index in [1.165, 1.54) is 0 Å². The van der Waals surface area contributed by atoms with Gasteiger partial charge in [-0.2, -0.15) is 0 Å². The number of carbonyl (C=O) groups excluding carboxylic acids is 1. The molecule has 2 unspecified atom stereocenters. The zero-order valence-corrected chi connectivity index (χ0v) is 11.8. The molecule has 17 heavy (non-hydrogen) atoms. The Labute approximate surface area is 110 Å². The lowest BCUT2D eigenvalue weighted by atomic mass is 9.88. The Morgan fingerprint density at radius 1 is 1.41 bits per heavy atom. The highest BCUT2D eigenvalue weighted by Crippen LogP contribution is 2.24. The number of pyridine rings is 1. The first-order valence-corrected chi connectivity index (χ1v) is 6.77. The molecule has 1 saturated heterocycles. The number of aromatic nitrogens is 1. The summed E-state index contributed by atoms with van der Waals surface area (Å²) in [5.74, 6) is 1.38. The first-order chi connectivity index (χ1) is 8.08. The maximum absolute atomic E-state index is 12.3. The van der Waals surface area contributed by atoms with Crippen LogP contribution in [0.1, 0.15) is 30.6 Å². The molecular weight excluding hydrogens is 280 g/mol. The van der Waals surface area contributed by atoms with Crippen molar-refractivity contribution in [3.8, 4) is 0 Å². The van der Waals surface area contributed by atoms with Crippen LogP contribution in [0.3, 0.4) is 0 Å². The normalized spacial score (nSPS) is 24.8. The van der Waals surface area contributed by atoms with Crippen molar-refractivity contribution in [2.45, 2.75) is 20.3 Å². The van der Waals surface area contributed by atoms with Crippen LogP contribution < -0.4 is 0 Å². The largest absolute Gasteiger partial charge is 0.338 e. The Balaban J connectivity index is 2.10. The standard InChI is InChI=1S/C13H17BrN2O/c1-9-3-4-16(8-10(9)2)13(17)11-5-12(14)7-15-6-11/h5-7,9-10H,3-4,8H2,1-2H3. The molecule has 1 aliphatic heterocycles. The van der Waals surface area contributed by atoms with Gasteiger partial charge in [-0.1, -0.05) is 13.8 Å².